The van der Waals surface area contributed by atoms with Gasteiger partial charge < -0.3 is 0 Å². The van der Waals surface area contributed by atoms with Crippen molar-refractivity contribution in [2.24, 2.45) is 10.9 Å². The molecule has 0 saturated heterocycles. The summed E-state index contributed by atoms with van der Waals surface area (Å²) in [5, 5.41) is 0. The first-order valence-electron chi connectivity index (χ1n) is 4.71. The summed E-state index contributed by atoms with van der Waals surface area (Å²) in [4.78, 5) is 7.84. The molecule has 0 aliphatic carbocycles. The minimum absolute atomic E-state index is 0.833. The second kappa shape index (κ2) is 7.06. The zero-order chi connectivity index (χ0) is 11.0. The van der Waals surface area contributed by atoms with Crippen LogP contribution in [0.5, 0.6) is 0 Å². The van der Waals surface area contributed by atoms with Gasteiger partial charge in [0.05, 0.1) is 6.34 Å². The zero-order valence-corrected chi connectivity index (χ0v) is 9.44. The van der Waals surface area contributed by atoms with Crippen LogP contribution >= 0.6 is 0 Å². The van der Waals surface area contributed by atoms with Crippen LogP contribution in [0.1, 0.15) is 26.6 Å². The van der Waals surface area contributed by atoms with Crippen molar-refractivity contribution in [3.8, 4) is 0 Å². The van der Waals surface area contributed by atoms with Gasteiger partial charge in [-0.25, -0.2) is 9.98 Å². The van der Waals surface area contributed by atoms with Gasteiger partial charge in [-0.1, -0.05) is 27.4 Å². The second-order valence-corrected chi connectivity index (χ2v) is 3.56. The Morgan fingerprint density at radius 1 is 1.50 bits per heavy atom. The van der Waals surface area contributed by atoms with Crippen LogP contribution in [0.2, 0.25) is 0 Å². The van der Waals surface area contributed by atoms with Gasteiger partial charge in [-0.05, 0) is 12.8 Å². The molecule has 1 heterocycles. The van der Waals surface area contributed by atoms with Crippen LogP contribution in [0.3, 0.4) is 0 Å². The first-order valence-corrected chi connectivity index (χ1v) is 4.71. The molecule has 1 rings (SSSR count). The Hall–Kier alpha value is -1.38. The van der Waals surface area contributed by atoms with E-state index in [-0.39, 0.29) is 0 Å². The number of hydrogen-bond acceptors (Lipinski definition) is 2. The number of aromatic nitrogens is 2. The van der Waals surface area contributed by atoms with Gasteiger partial charge in [0.1, 0.15) is 5.82 Å². The van der Waals surface area contributed by atoms with E-state index in [0.29, 0.717) is 0 Å². The monoisotopic (exact) mass is 193 g/mol. The summed E-state index contributed by atoms with van der Waals surface area (Å²) in [7, 11) is 0. The molecule has 3 heteroatoms. The Morgan fingerprint density at radius 2 is 2.07 bits per heavy atom. The molecule has 0 fully saturated rings. The summed E-state index contributed by atoms with van der Waals surface area (Å²) in [6.07, 6.45) is 6.71. The molecule has 0 aliphatic rings. The number of hydrogen-bond donors (Lipinski definition) is 0. The lowest BCUT2D eigenvalue weighted by Crippen LogP contribution is -1.94. The quantitative estimate of drug-likeness (QED) is 0.524. The van der Waals surface area contributed by atoms with E-state index in [0.717, 1.165) is 11.7 Å². The van der Waals surface area contributed by atoms with Gasteiger partial charge in [0.15, 0.2) is 0 Å². The van der Waals surface area contributed by atoms with Crippen molar-refractivity contribution < 1.29 is 0 Å². The Bertz CT molecular complexity index is 282. The summed E-state index contributed by atoms with van der Waals surface area (Å²) >= 11 is 0. The van der Waals surface area contributed by atoms with Crippen molar-refractivity contribution in [1.29, 1.82) is 0 Å². The maximum Gasteiger partial charge on any atom is 0.110 e. The van der Waals surface area contributed by atoms with Crippen LogP contribution in [0.25, 0.3) is 0 Å². The smallest absolute Gasteiger partial charge is 0.110 e. The maximum atomic E-state index is 4.01. The summed E-state index contributed by atoms with van der Waals surface area (Å²) in [5.41, 5.74) is 0. The van der Waals surface area contributed by atoms with Gasteiger partial charge in [0, 0.05) is 18.6 Å². The summed E-state index contributed by atoms with van der Waals surface area (Å²) in [5.74, 6) is 1.76. The predicted octanol–water partition coefficient (Wildman–Crippen LogP) is 2.87. The molecular weight excluding hydrogens is 174 g/mol. The van der Waals surface area contributed by atoms with Crippen molar-refractivity contribution >= 4 is 6.34 Å². The molecule has 0 aromatic carbocycles. The number of nitrogens with zero attached hydrogens (tertiary/aromatic N) is 3. The van der Waals surface area contributed by atoms with Crippen LogP contribution in [0, 0.1) is 12.8 Å². The lowest BCUT2D eigenvalue weighted by Gasteiger charge is -1.90. The molecule has 0 radical (unpaired) electrons. The molecule has 0 atom stereocenters. The molecule has 78 valence electrons. The minimum Gasteiger partial charge on any atom is -0.294 e. The first kappa shape index (κ1) is 12.6. The van der Waals surface area contributed by atoms with Gasteiger partial charge in [-0.2, -0.15) is 0 Å². The predicted molar refractivity (Wildman–Crippen MR) is 61.6 cm³/mol. The molecule has 0 bridgehead atoms. The van der Waals surface area contributed by atoms with Gasteiger partial charge in [-0.15, -0.1) is 0 Å². The molecule has 14 heavy (non-hydrogen) atoms. The molecule has 0 aliphatic heterocycles. The lowest BCUT2D eigenvalue weighted by molar-refractivity contribution is 0.737. The van der Waals surface area contributed by atoms with E-state index in [9.17, 15) is 0 Å². The molecule has 3 nitrogen and oxygen atoms in total. The molecule has 0 amide bonds. The Balaban J connectivity index is 0.000000364. The van der Waals surface area contributed by atoms with Crippen molar-refractivity contribution in [2.45, 2.75) is 27.7 Å². The van der Waals surface area contributed by atoms with Crippen LogP contribution < -0.4 is 0 Å². The van der Waals surface area contributed by atoms with Crippen molar-refractivity contribution in [3.63, 3.8) is 0 Å². The van der Waals surface area contributed by atoms with Gasteiger partial charge >= 0.3 is 0 Å². The highest BCUT2D eigenvalue weighted by Gasteiger charge is 1.88. The molecular formula is C11H19N3. The maximum absolute atomic E-state index is 4.01. The largest absolute Gasteiger partial charge is 0.294 e. The highest BCUT2D eigenvalue weighted by Crippen LogP contribution is 1.89. The third kappa shape index (κ3) is 6.17. The van der Waals surface area contributed by atoms with Crippen LogP contribution in [0.15, 0.2) is 30.2 Å². The van der Waals surface area contributed by atoms with Crippen LogP contribution in [-0.2, 0) is 0 Å². The fourth-order valence-electron chi connectivity index (χ4n) is 0.629. The van der Waals surface area contributed by atoms with E-state index in [4.69, 9.17) is 0 Å². The fraction of sp³-hybridized carbons (Fsp3) is 0.455. The van der Waals surface area contributed by atoms with E-state index >= 15 is 0 Å². The SMILES string of the molecule is C=CN=Cn1ccnc1C.CC(C)C. The first-order chi connectivity index (χ1) is 6.57. The molecule has 1 aromatic rings. The van der Waals surface area contributed by atoms with Crippen LogP contribution in [-0.4, -0.2) is 15.9 Å². The second-order valence-electron chi connectivity index (χ2n) is 3.56. The third-order valence-corrected chi connectivity index (χ3v) is 1.16. The Morgan fingerprint density at radius 3 is 2.43 bits per heavy atom. The summed E-state index contributed by atoms with van der Waals surface area (Å²) in [6, 6.07) is 0. The number of imidazole rings is 1. The van der Waals surface area contributed by atoms with E-state index in [1.165, 1.54) is 6.20 Å². The average Bonchev–Trinajstić information content (AvgIpc) is 2.47. The van der Waals surface area contributed by atoms with E-state index in [1.807, 2.05) is 17.7 Å². The summed E-state index contributed by atoms with van der Waals surface area (Å²) in [6.45, 7) is 11.9. The van der Waals surface area contributed by atoms with E-state index in [2.05, 4.69) is 37.3 Å². The highest BCUT2D eigenvalue weighted by atomic mass is 15.1. The molecule has 0 N–H and O–H groups in total. The van der Waals surface area contributed by atoms with Crippen molar-refractivity contribution in [2.75, 3.05) is 0 Å². The standard InChI is InChI=1S/C7H9N3.C4H10/c1-3-8-6-10-5-4-9-7(10)2;1-4(2)3/h3-6H,1H2,2H3;4H,1-3H3. The summed E-state index contributed by atoms with van der Waals surface area (Å²) < 4.78 is 1.82. The highest BCUT2D eigenvalue weighted by molar-refractivity contribution is 5.59. The number of rotatable bonds is 2. The molecule has 1 aromatic heterocycles. The van der Waals surface area contributed by atoms with Crippen LogP contribution in [0.4, 0.5) is 0 Å². The topological polar surface area (TPSA) is 30.2 Å². The Labute approximate surface area is 86.2 Å². The fourth-order valence-corrected chi connectivity index (χ4v) is 0.629. The Kier molecular flexibility index (Phi) is 6.37. The van der Waals surface area contributed by atoms with Gasteiger partial charge in [0.2, 0.25) is 0 Å². The minimum atomic E-state index is 0.833. The number of aryl methyl sites for hydroxylation is 1. The zero-order valence-electron chi connectivity index (χ0n) is 9.44. The van der Waals surface area contributed by atoms with E-state index < -0.39 is 0 Å². The molecule has 0 spiro atoms. The lowest BCUT2D eigenvalue weighted by atomic mass is 10.3. The normalized spacial score (nSPS) is 10.1. The van der Waals surface area contributed by atoms with Gasteiger partial charge in [-0.3, -0.25) is 4.57 Å². The number of aliphatic imine (C=N–C) groups is 1. The average molecular weight is 193 g/mol. The molecule has 0 saturated carbocycles. The van der Waals surface area contributed by atoms with E-state index in [1.54, 1.807) is 12.5 Å². The van der Waals surface area contributed by atoms with Crippen molar-refractivity contribution in [1.82, 2.24) is 9.55 Å². The molecule has 0 unspecified atom stereocenters. The van der Waals surface area contributed by atoms with Crippen molar-refractivity contribution in [3.05, 3.63) is 31.0 Å². The third-order valence-electron chi connectivity index (χ3n) is 1.16. The van der Waals surface area contributed by atoms with Gasteiger partial charge in [0.25, 0.3) is 0 Å².